The maximum absolute atomic E-state index is 13.2. The average molecular weight is 368 g/mol. The normalized spacial score (nSPS) is 10.3. The molecule has 0 aliphatic carbocycles. The Balaban J connectivity index is 2.18. The lowest BCUT2D eigenvalue weighted by Gasteiger charge is -2.12. The highest BCUT2D eigenvalue weighted by molar-refractivity contribution is 9.10. The Morgan fingerprint density at radius 2 is 2.05 bits per heavy atom. The quantitative estimate of drug-likeness (QED) is 0.788. The van der Waals surface area contributed by atoms with Crippen molar-refractivity contribution >= 4 is 27.5 Å². The molecule has 0 radical (unpaired) electrons. The van der Waals surface area contributed by atoms with Gasteiger partial charge in [0.15, 0.2) is 0 Å². The highest BCUT2D eigenvalue weighted by Gasteiger charge is 2.14. The van der Waals surface area contributed by atoms with Gasteiger partial charge in [-0.3, -0.25) is 4.79 Å². The molecule has 2 aromatic carbocycles. The maximum atomic E-state index is 13.2. The number of benzene rings is 2. The Labute approximate surface area is 136 Å². The largest absolute Gasteiger partial charge is 0.490 e. The maximum Gasteiger partial charge on any atom is 0.259 e. The summed E-state index contributed by atoms with van der Waals surface area (Å²) in [6.45, 7) is 0.749. The fourth-order valence-electron chi connectivity index (χ4n) is 1.81. The molecule has 0 aromatic heterocycles. The summed E-state index contributed by atoms with van der Waals surface area (Å²) >= 11 is 3.32. The summed E-state index contributed by atoms with van der Waals surface area (Å²) in [5, 5.41) is 2.65. The molecule has 0 heterocycles. The van der Waals surface area contributed by atoms with Crippen LogP contribution in [0.1, 0.15) is 10.4 Å². The molecule has 6 heteroatoms. The standard InChI is InChI=1S/C16H15BrFNO3/c1-21-7-8-22-15-6-5-11(17)9-14(15)16(20)19-13-4-2-3-12(18)10-13/h2-6,9-10H,7-8H2,1H3,(H,19,20). The zero-order chi connectivity index (χ0) is 15.9. The number of nitrogens with one attached hydrogen (secondary N) is 1. The first kappa shape index (κ1) is 16.5. The van der Waals surface area contributed by atoms with Crippen molar-refractivity contribution in [2.45, 2.75) is 0 Å². The zero-order valence-electron chi connectivity index (χ0n) is 11.9. The van der Waals surface area contributed by atoms with Crippen molar-refractivity contribution in [1.29, 1.82) is 0 Å². The molecule has 1 N–H and O–H groups in total. The number of carbonyl (C=O) groups is 1. The van der Waals surface area contributed by atoms with E-state index in [0.717, 1.165) is 4.47 Å². The molecule has 2 aromatic rings. The molecular weight excluding hydrogens is 353 g/mol. The van der Waals surface area contributed by atoms with Crippen molar-refractivity contribution in [2.24, 2.45) is 0 Å². The predicted octanol–water partition coefficient (Wildman–Crippen LogP) is 3.87. The smallest absolute Gasteiger partial charge is 0.259 e. The number of carbonyl (C=O) groups excluding carboxylic acids is 1. The van der Waals surface area contributed by atoms with E-state index in [1.165, 1.54) is 18.2 Å². The van der Waals surface area contributed by atoms with Crippen LogP contribution in [0.3, 0.4) is 0 Å². The number of hydrogen-bond acceptors (Lipinski definition) is 3. The molecule has 22 heavy (non-hydrogen) atoms. The summed E-state index contributed by atoms with van der Waals surface area (Å²) < 4.78 is 24.4. The molecule has 0 saturated carbocycles. The van der Waals surface area contributed by atoms with Crippen LogP contribution in [-0.2, 0) is 4.74 Å². The molecule has 0 saturated heterocycles. The van der Waals surface area contributed by atoms with Crippen molar-refractivity contribution < 1.29 is 18.7 Å². The van der Waals surface area contributed by atoms with E-state index in [1.54, 1.807) is 31.4 Å². The number of ether oxygens (including phenoxy) is 2. The van der Waals surface area contributed by atoms with E-state index in [4.69, 9.17) is 9.47 Å². The van der Waals surface area contributed by atoms with Crippen LogP contribution in [0.5, 0.6) is 5.75 Å². The van der Waals surface area contributed by atoms with Gasteiger partial charge in [-0.05, 0) is 36.4 Å². The lowest BCUT2D eigenvalue weighted by molar-refractivity contribution is 0.101. The minimum atomic E-state index is -0.413. The van der Waals surface area contributed by atoms with E-state index < -0.39 is 5.82 Å². The monoisotopic (exact) mass is 367 g/mol. The Morgan fingerprint density at radius 3 is 2.77 bits per heavy atom. The minimum Gasteiger partial charge on any atom is -0.490 e. The van der Waals surface area contributed by atoms with Crippen molar-refractivity contribution in [3.05, 3.63) is 58.3 Å². The SMILES string of the molecule is COCCOc1ccc(Br)cc1C(=O)Nc1cccc(F)c1. The second kappa shape index (κ2) is 7.91. The third-order valence-electron chi connectivity index (χ3n) is 2.81. The molecular formula is C16H15BrFNO3. The summed E-state index contributed by atoms with van der Waals surface area (Å²) in [5.74, 6) is -0.350. The Hall–Kier alpha value is -1.92. The number of rotatable bonds is 6. The van der Waals surface area contributed by atoms with Crippen molar-refractivity contribution in [2.75, 3.05) is 25.6 Å². The van der Waals surface area contributed by atoms with Crippen molar-refractivity contribution in [3.8, 4) is 5.75 Å². The molecule has 0 atom stereocenters. The fraction of sp³-hybridized carbons (Fsp3) is 0.188. The number of methoxy groups -OCH3 is 1. The molecule has 0 bridgehead atoms. The minimum absolute atomic E-state index is 0.332. The van der Waals surface area contributed by atoms with Gasteiger partial charge in [-0.1, -0.05) is 22.0 Å². The van der Waals surface area contributed by atoms with Crippen LogP contribution in [0.4, 0.5) is 10.1 Å². The Bertz CT molecular complexity index is 664. The van der Waals surface area contributed by atoms with Crippen LogP contribution in [0, 0.1) is 5.82 Å². The van der Waals surface area contributed by atoms with Crippen LogP contribution in [0.25, 0.3) is 0 Å². The number of hydrogen-bond donors (Lipinski definition) is 1. The predicted molar refractivity (Wildman–Crippen MR) is 85.9 cm³/mol. The summed E-state index contributed by atoms with van der Waals surface area (Å²) in [5.41, 5.74) is 0.738. The van der Waals surface area contributed by atoms with E-state index in [9.17, 15) is 9.18 Å². The third kappa shape index (κ3) is 4.54. The van der Waals surface area contributed by atoms with Gasteiger partial charge < -0.3 is 14.8 Å². The van der Waals surface area contributed by atoms with Gasteiger partial charge >= 0.3 is 0 Å². The summed E-state index contributed by atoms with van der Waals surface area (Å²) in [6.07, 6.45) is 0. The number of halogens is 2. The van der Waals surface area contributed by atoms with Gasteiger partial charge in [-0.25, -0.2) is 4.39 Å². The third-order valence-corrected chi connectivity index (χ3v) is 3.31. The fourth-order valence-corrected chi connectivity index (χ4v) is 2.17. The first-order chi connectivity index (χ1) is 10.6. The summed E-state index contributed by atoms with van der Waals surface area (Å²) in [6, 6.07) is 10.8. The Kier molecular flexibility index (Phi) is 5.91. The second-order valence-electron chi connectivity index (χ2n) is 4.45. The highest BCUT2D eigenvalue weighted by Crippen LogP contribution is 2.24. The molecule has 0 spiro atoms. The first-order valence-electron chi connectivity index (χ1n) is 6.58. The van der Waals surface area contributed by atoms with Gasteiger partial charge in [0, 0.05) is 17.3 Å². The molecule has 0 aliphatic rings. The van der Waals surface area contributed by atoms with Crippen LogP contribution >= 0.6 is 15.9 Å². The molecule has 4 nitrogen and oxygen atoms in total. The molecule has 0 unspecified atom stereocenters. The molecule has 1 amide bonds. The van der Waals surface area contributed by atoms with Gasteiger partial charge in [0.25, 0.3) is 5.91 Å². The first-order valence-corrected chi connectivity index (χ1v) is 7.37. The van der Waals surface area contributed by atoms with Crippen LogP contribution in [0.15, 0.2) is 46.9 Å². The molecule has 0 fully saturated rings. The van der Waals surface area contributed by atoms with Gasteiger partial charge in [-0.2, -0.15) is 0 Å². The molecule has 2 rings (SSSR count). The summed E-state index contributed by atoms with van der Waals surface area (Å²) in [7, 11) is 1.57. The van der Waals surface area contributed by atoms with Gasteiger partial charge in [-0.15, -0.1) is 0 Å². The van der Waals surface area contributed by atoms with E-state index in [2.05, 4.69) is 21.2 Å². The van der Waals surface area contributed by atoms with Crippen molar-refractivity contribution in [1.82, 2.24) is 0 Å². The topological polar surface area (TPSA) is 47.6 Å². The summed E-state index contributed by atoms with van der Waals surface area (Å²) in [4.78, 5) is 12.4. The average Bonchev–Trinajstić information content (AvgIpc) is 2.49. The van der Waals surface area contributed by atoms with E-state index >= 15 is 0 Å². The van der Waals surface area contributed by atoms with E-state index in [1.807, 2.05) is 0 Å². The van der Waals surface area contributed by atoms with Gasteiger partial charge in [0.05, 0.1) is 12.2 Å². The molecule has 0 aliphatic heterocycles. The lowest BCUT2D eigenvalue weighted by Crippen LogP contribution is -2.15. The number of amides is 1. The van der Waals surface area contributed by atoms with E-state index in [-0.39, 0.29) is 5.91 Å². The lowest BCUT2D eigenvalue weighted by atomic mass is 10.2. The van der Waals surface area contributed by atoms with Gasteiger partial charge in [0.1, 0.15) is 18.2 Å². The van der Waals surface area contributed by atoms with Crippen molar-refractivity contribution in [3.63, 3.8) is 0 Å². The Morgan fingerprint density at radius 1 is 1.23 bits per heavy atom. The highest BCUT2D eigenvalue weighted by atomic mass is 79.9. The van der Waals surface area contributed by atoms with Gasteiger partial charge in [0.2, 0.25) is 0 Å². The van der Waals surface area contributed by atoms with Crippen LogP contribution in [-0.4, -0.2) is 26.2 Å². The molecule has 116 valence electrons. The number of anilines is 1. The second-order valence-corrected chi connectivity index (χ2v) is 5.36. The zero-order valence-corrected chi connectivity index (χ0v) is 13.5. The van der Waals surface area contributed by atoms with Crippen LogP contribution < -0.4 is 10.1 Å². The van der Waals surface area contributed by atoms with E-state index in [0.29, 0.717) is 30.2 Å². The van der Waals surface area contributed by atoms with Crippen LogP contribution in [0.2, 0.25) is 0 Å².